The first-order valence-corrected chi connectivity index (χ1v) is 14.5. The molecule has 1 atom stereocenters. The third kappa shape index (κ3) is 4.49. The quantitative estimate of drug-likeness (QED) is 0.325. The lowest BCUT2D eigenvalue weighted by Crippen LogP contribution is -2.38. The molecule has 8 nitrogen and oxygen atoms in total. The van der Waals surface area contributed by atoms with Gasteiger partial charge < -0.3 is 24.0 Å². The Hall–Kier alpha value is -3.62. The minimum absolute atomic E-state index is 0.400. The van der Waals surface area contributed by atoms with Crippen molar-refractivity contribution in [2.24, 2.45) is 0 Å². The van der Waals surface area contributed by atoms with Crippen LogP contribution in [0.1, 0.15) is 35.6 Å². The summed E-state index contributed by atoms with van der Waals surface area (Å²) in [6, 6.07) is 13.3. The summed E-state index contributed by atoms with van der Waals surface area (Å²) in [5.74, 6) is 2.01. The molecular formula is C31H34ClN7O. The molecule has 1 saturated heterocycles. The fourth-order valence-electron chi connectivity index (χ4n) is 6.45. The zero-order chi connectivity index (χ0) is 27.2. The Morgan fingerprint density at radius 2 is 1.93 bits per heavy atom. The van der Waals surface area contributed by atoms with Gasteiger partial charge in [0, 0.05) is 42.3 Å². The van der Waals surface area contributed by atoms with Crippen molar-refractivity contribution in [1.82, 2.24) is 24.4 Å². The normalized spacial score (nSPS) is 19.1. The van der Waals surface area contributed by atoms with E-state index in [4.69, 9.17) is 26.3 Å². The molecule has 7 rings (SSSR count). The lowest BCUT2D eigenvalue weighted by molar-refractivity contribution is 0.187. The van der Waals surface area contributed by atoms with Gasteiger partial charge in [0.25, 0.3) is 0 Å². The van der Waals surface area contributed by atoms with Crippen LogP contribution in [0.4, 0.5) is 11.5 Å². The maximum absolute atomic E-state index is 6.71. The van der Waals surface area contributed by atoms with Gasteiger partial charge in [-0.1, -0.05) is 42.4 Å². The third-order valence-corrected chi connectivity index (χ3v) is 8.99. The van der Waals surface area contributed by atoms with Gasteiger partial charge >= 0.3 is 6.01 Å². The molecule has 0 aliphatic carbocycles. The summed E-state index contributed by atoms with van der Waals surface area (Å²) in [5.41, 5.74) is 4.43. The molecule has 40 heavy (non-hydrogen) atoms. The van der Waals surface area contributed by atoms with Gasteiger partial charge in [-0.3, -0.25) is 0 Å². The van der Waals surface area contributed by atoms with Crippen molar-refractivity contribution in [3.8, 4) is 6.01 Å². The molecule has 0 amide bonds. The van der Waals surface area contributed by atoms with Crippen LogP contribution >= 0.6 is 11.6 Å². The lowest BCUT2D eigenvalue weighted by atomic mass is 10.0. The third-order valence-electron chi connectivity index (χ3n) is 8.68. The minimum atomic E-state index is 0.400. The minimum Gasteiger partial charge on any atom is -0.462 e. The van der Waals surface area contributed by atoms with Crippen molar-refractivity contribution in [2.75, 3.05) is 43.1 Å². The highest BCUT2D eigenvalue weighted by atomic mass is 35.5. The summed E-state index contributed by atoms with van der Waals surface area (Å²) in [4.78, 5) is 21.8. The summed E-state index contributed by atoms with van der Waals surface area (Å²) < 4.78 is 8.56. The predicted molar refractivity (Wildman–Crippen MR) is 160 cm³/mol. The molecule has 9 heteroatoms. The number of aromatic nitrogens is 4. The summed E-state index contributed by atoms with van der Waals surface area (Å²) >= 11 is 6.71. The highest BCUT2D eigenvalue weighted by molar-refractivity contribution is 6.36. The summed E-state index contributed by atoms with van der Waals surface area (Å²) in [7, 11) is 2.17. The van der Waals surface area contributed by atoms with Gasteiger partial charge in [0.2, 0.25) is 0 Å². The fraction of sp³-hybridized carbons (Fsp3) is 0.387. The number of imidazole rings is 1. The van der Waals surface area contributed by atoms with Crippen LogP contribution in [-0.4, -0.2) is 63.7 Å². The van der Waals surface area contributed by atoms with Crippen molar-refractivity contribution >= 4 is 40.0 Å². The second-order valence-corrected chi connectivity index (χ2v) is 11.4. The lowest BCUT2D eigenvalue weighted by Gasteiger charge is -2.35. The molecule has 4 aromatic rings. The van der Waals surface area contributed by atoms with E-state index < -0.39 is 0 Å². The molecule has 2 aromatic carbocycles. The number of hydrogen-bond donors (Lipinski definition) is 0. The van der Waals surface area contributed by atoms with E-state index >= 15 is 0 Å². The average Bonchev–Trinajstić information content (AvgIpc) is 3.60. The summed E-state index contributed by atoms with van der Waals surface area (Å²) in [6.45, 7) is 9.59. The number of halogens is 1. The van der Waals surface area contributed by atoms with Gasteiger partial charge in [-0.05, 0) is 56.4 Å². The number of likely N-dealkylation sites (tertiary alicyclic amines) is 1. The van der Waals surface area contributed by atoms with E-state index in [1.54, 1.807) is 0 Å². The SMILES string of the molecule is C=Cc1cnc2n1CCN(c1nc(OC[C@@H]3CCCN3C)nc3c1CCN(c1cccc4cccc(Cl)c14)C3)C2. The smallest absolute Gasteiger partial charge is 0.318 e. The predicted octanol–water partition coefficient (Wildman–Crippen LogP) is 5.18. The van der Waals surface area contributed by atoms with Crippen LogP contribution in [-0.2, 0) is 26.1 Å². The first-order valence-electron chi connectivity index (χ1n) is 14.2. The molecule has 0 N–H and O–H groups in total. The van der Waals surface area contributed by atoms with Crippen LogP contribution < -0.4 is 14.5 Å². The van der Waals surface area contributed by atoms with Crippen LogP contribution in [0, 0.1) is 0 Å². The number of ether oxygens (including phenoxy) is 1. The van der Waals surface area contributed by atoms with Crippen LogP contribution in [0.2, 0.25) is 5.02 Å². The van der Waals surface area contributed by atoms with E-state index in [-0.39, 0.29) is 0 Å². The van der Waals surface area contributed by atoms with Crippen molar-refractivity contribution in [3.63, 3.8) is 0 Å². The maximum Gasteiger partial charge on any atom is 0.318 e. The number of likely N-dealkylation sites (N-methyl/N-ethyl adjacent to an activating group) is 1. The Bertz CT molecular complexity index is 1580. The first kappa shape index (κ1) is 25.4. The molecule has 3 aliphatic rings. The van der Waals surface area contributed by atoms with Crippen molar-refractivity contribution in [1.29, 1.82) is 0 Å². The molecule has 0 spiro atoms. The van der Waals surface area contributed by atoms with Gasteiger partial charge in [0.15, 0.2) is 0 Å². The van der Waals surface area contributed by atoms with E-state index in [0.29, 0.717) is 31.7 Å². The molecule has 0 bridgehead atoms. The Kier molecular flexibility index (Phi) is 6.60. The molecule has 5 heterocycles. The molecule has 0 radical (unpaired) electrons. The van der Waals surface area contributed by atoms with Gasteiger partial charge in [-0.2, -0.15) is 9.97 Å². The maximum atomic E-state index is 6.71. The molecule has 3 aliphatic heterocycles. The Labute approximate surface area is 239 Å². The number of benzene rings is 2. The van der Waals surface area contributed by atoms with Crippen LogP contribution in [0.5, 0.6) is 6.01 Å². The Morgan fingerprint density at radius 1 is 1.05 bits per heavy atom. The molecule has 0 unspecified atom stereocenters. The molecule has 2 aromatic heterocycles. The fourth-order valence-corrected chi connectivity index (χ4v) is 6.73. The number of nitrogens with zero attached hydrogens (tertiary/aromatic N) is 7. The second kappa shape index (κ2) is 10.4. The Balaban J connectivity index is 1.24. The van der Waals surface area contributed by atoms with E-state index in [2.05, 4.69) is 62.1 Å². The zero-order valence-corrected chi connectivity index (χ0v) is 23.6. The van der Waals surface area contributed by atoms with Crippen molar-refractivity contribution in [3.05, 3.63) is 77.0 Å². The van der Waals surface area contributed by atoms with E-state index in [1.165, 1.54) is 12.0 Å². The van der Waals surface area contributed by atoms with Crippen LogP contribution in [0.15, 0.2) is 49.2 Å². The highest BCUT2D eigenvalue weighted by Gasteiger charge is 2.30. The largest absolute Gasteiger partial charge is 0.462 e. The summed E-state index contributed by atoms with van der Waals surface area (Å²) in [6.07, 6.45) is 6.97. The average molecular weight is 556 g/mol. The molecular weight excluding hydrogens is 522 g/mol. The van der Waals surface area contributed by atoms with E-state index in [9.17, 15) is 0 Å². The number of fused-ring (bicyclic) bond motifs is 3. The van der Waals surface area contributed by atoms with Gasteiger partial charge in [-0.25, -0.2) is 4.98 Å². The number of rotatable bonds is 6. The van der Waals surface area contributed by atoms with Crippen LogP contribution in [0.3, 0.4) is 0 Å². The second-order valence-electron chi connectivity index (χ2n) is 11.0. The molecule has 1 fully saturated rings. The zero-order valence-electron chi connectivity index (χ0n) is 22.9. The van der Waals surface area contributed by atoms with E-state index in [1.807, 2.05) is 24.4 Å². The van der Waals surface area contributed by atoms with E-state index in [0.717, 1.165) is 83.5 Å². The monoisotopic (exact) mass is 555 g/mol. The van der Waals surface area contributed by atoms with Gasteiger partial charge in [0.1, 0.15) is 18.2 Å². The standard InChI is InChI=1S/C31H34ClN7O/c1-3-22-17-33-28-19-38(15-16-39(22)28)30-24-12-14-37(27-11-5-8-21-7-4-10-25(32)29(21)27)18-26(24)34-31(35-30)40-20-23-9-6-13-36(23)2/h3-5,7-8,10-11,17,23H,1,6,9,12-16,18-20H2,2H3/t23-/m0/s1. The first-order chi connectivity index (χ1) is 19.6. The molecule has 0 saturated carbocycles. The van der Waals surface area contributed by atoms with Crippen molar-refractivity contribution < 1.29 is 4.74 Å². The highest BCUT2D eigenvalue weighted by Crippen LogP contribution is 2.37. The number of anilines is 2. The van der Waals surface area contributed by atoms with Gasteiger partial charge in [-0.15, -0.1) is 0 Å². The summed E-state index contributed by atoms with van der Waals surface area (Å²) in [5, 5.41) is 3.01. The number of hydrogen-bond acceptors (Lipinski definition) is 7. The Morgan fingerprint density at radius 3 is 2.75 bits per heavy atom. The molecule has 206 valence electrons. The van der Waals surface area contributed by atoms with Crippen LogP contribution in [0.25, 0.3) is 16.8 Å². The van der Waals surface area contributed by atoms with Crippen molar-refractivity contribution in [2.45, 2.75) is 44.9 Å². The topological polar surface area (TPSA) is 62.6 Å². The van der Waals surface area contributed by atoms with Gasteiger partial charge in [0.05, 0.1) is 35.7 Å².